The first-order valence-electron chi connectivity index (χ1n) is 6.35. The largest absolute Gasteiger partial charge is 0.521 e. The summed E-state index contributed by atoms with van der Waals surface area (Å²) in [5, 5.41) is 11.1. The second-order valence-corrected chi connectivity index (χ2v) is 7.62. The molecule has 0 saturated carbocycles. The third-order valence-corrected chi connectivity index (χ3v) is 6.25. The molecule has 0 aromatic heterocycles. The highest BCUT2D eigenvalue weighted by atomic mass is 32.3. The van der Waals surface area contributed by atoms with Gasteiger partial charge < -0.3 is 9.59 Å². The van der Waals surface area contributed by atoms with Crippen molar-refractivity contribution in [1.29, 1.82) is 0 Å². The minimum absolute atomic E-state index is 1.08. The summed E-state index contributed by atoms with van der Waals surface area (Å²) in [6, 6.07) is 0. The number of hydrogen-bond acceptors (Lipinski definition) is 1. The highest BCUT2D eigenvalue weighted by Gasteiger charge is 2.25. The lowest BCUT2D eigenvalue weighted by molar-refractivity contribution is -0.714. The molecule has 0 aromatic carbocycles. The first kappa shape index (κ1) is 15.3. The van der Waals surface area contributed by atoms with Gasteiger partial charge in [-0.25, -0.2) is 0 Å². The van der Waals surface area contributed by atoms with Gasteiger partial charge in [-0.3, -0.25) is 0 Å². The van der Waals surface area contributed by atoms with Crippen LogP contribution in [0.3, 0.4) is 0 Å². The van der Waals surface area contributed by atoms with Crippen molar-refractivity contribution in [2.24, 2.45) is 0 Å². The van der Waals surface area contributed by atoms with Gasteiger partial charge in [-0.15, -0.1) is 0 Å². The predicted molar refractivity (Wildman–Crippen MR) is 69.5 cm³/mol. The highest BCUT2D eigenvalue weighted by Crippen LogP contribution is 2.47. The van der Waals surface area contributed by atoms with Gasteiger partial charge in [0.2, 0.25) is 0 Å². The molecule has 0 atom stereocenters. The van der Waals surface area contributed by atoms with Crippen LogP contribution >= 0.6 is 10.3 Å². The Bertz CT molecular complexity index is 118. The lowest BCUT2D eigenvalue weighted by Gasteiger charge is -2.36. The average molecular weight is 236 g/mol. The van der Waals surface area contributed by atoms with Gasteiger partial charge in [0.15, 0.2) is 0 Å². The van der Waals surface area contributed by atoms with Gasteiger partial charge in [0.05, 0.1) is 0 Å². The van der Waals surface area contributed by atoms with Crippen LogP contribution in [-0.4, -0.2) is 21.6 Å². The van der Waals surface area contributed by atoms with Crippen LogP contribution in [0, 0.1) is 0 Å². The van der Waals surface area contributed by atoms with E-state index in [1.165, 1.54) is 38.5 Å². The van der Waals surface area contributed by atoms with E-state index in [2.05, 4.69) is 25.1 Å². The van der Waals surface area contributed by atoms with Crippen LogP contribution in [-0.2, 0) is 0 Å². The normalized spacial score (nSPS) is 13.1. The summed E-state index contributed by atoms with van der Waals surface area (Å²) in [5.41, 5.74) is 0. The molecule has 3 heteroatoms. The fourth-order valence-corrected chi connectivity index (χ4v) is 4.97. The Morgan fingerprint density at radius 1 is 0.800 bits per heavy atom. The molecule has 94 valence electrons. The Balaban J connectivity index is 4.16. The maximum absolute atomic E-state index is 11.1. The van der Waals surface area contributed by atoms with Gasteiger partial charge in [0, 0.05) is 17.3 Å². The molecule has 0 aliphatic heterocycles. The summed E-state index contributed by atoms with van der Waals surface area (Å²) in [6.45, 7) is 6.57. The van der Waals surface area contributed by atoms with Crippen molar-refractivity contribution in [2.75, 3.05) is 17.3 Å². The monoisotopic (exact) mass is 236 g/mol. The van der Waals surface area contributed by atoms with E-state index in [1.807, 2.05) is 0 Å². The summed E-state index contributed by atoms with van der Waals surface area (Å²) in [5.74, 6) is 3.23. The number of rotatable bonds is 10. The maximum atomic E-state index is 11.1. The Hall–Kier alpha value is 0.270. The zero-order chi connectivity index (χ0) is 11.6. The molecule has 0 aliphatic carbocycles. The minimum Gasteiger partial charge on any atom is -0.521 e. The van der Waals surface area contributed by atoms with Crippen LogP contribution in [0.4, 0.5) is 0 Å². The summed E-state index contributed by atoms with van der Waals surface area (Å²) in [6.07, 6.45) is 7.07. The number of hydrogen-bond donors (Lipinski definition) is 0. The van der Waals surface area contributed by atoms with E-state index in [9.17, 15) is 5.26 Å². The lowest BCUT2D eigenvalue weighted by atomic mass is 10.4. The molecule has 0 amide bonds. The van der Waals surface area contributed by atoms with Gasteiger partial charge in [0.1, 0.15) is 0 Å². The van der Waals surface area contributed by atoms with E-state index < -0.39 is 10.3 Å². The summed E-state index contributed by atoms with van der Waals surface area (Å²) in [7, 11) is -1.15. The van der Waals surface area contributed by atoms with Crippen molar-refractivity contribution in [1.82, 2.24) is 0 Å². The van der Waals surface area contributed by atoms with E-state index in [0.717, 1.165) is 17.3 Å². The quantitative estimate of drug-likeness (QED) is 0.325. The second kappa shape index (κ2) is 9.49. The summed E-state index contributed by atoms with van der Waals surface area (Å²) >= 11 is 0. The first-order valence-corrected chi connectivity index (χ1v) is 8.45. The molecule has 2 nitrogen and oxygen atoms in total. The summed E-state index contributed by atoms with van der Waals surface area (Å²) < 4.78 is 3.57. The van der Waals surface area contributed by atoms with Crippen LogP contribution in [0.5, 0.6) is 0 Å². The predicted octanol–water partition coefficient (Wildman–Crippen LogP) is 3.48. The molecule has 0 fully saturated rings. The Morgan fingerprint density at radius 3 is 1.33 bits per heavy atom. The molecule has 15 heavy (non-hydrogen) atoms. The van der Waals surface area contributed by atoms with Crippen molar-refractivity contribution in [3.8, 4) is 0 Å². The van der Waals surface area contributed by atoms with Crippen molar-refractivity contribution in [3.05, 3.63) is 0 Å². The molecule has 0 saturated heterocycles. The molecular formula is C12H28O2S. The fourth-order valence-electron chi connectivity index (χ4n) is 1.66. The smallest absolute Gasteiger partial charge is 0.0393 e. The molecule has 0 heterocycles. The molecule has 0 spiro atoms. The van der Waals surface area contributed by atoms with Crippen molar-refractivity contribution >= 4 is 10.3 Å². The van der Waals surface area contributed by atoms with Gasteiger partial charge in [-0.1, -0.05) is 40.0 Å². The topological polar surface area (TPSA) is 35.9 Å². The highest BCUT2D eigenvalue weighted by molar-refractivity contribution is 8.29. The minimum atomic E-state index is -1.15. The van der Waals surface area contributed by atoms with E-state index in [-0.39, 0.29) is 0 Å². The number of unbranched alkanes of at least 4 members (excludes halogenated alkanes) is 3. The molecule has 0 bridgehead atoms. The second-order valence-electron chi connectivity index (χ2n) is 4.25. The van der Waals surface area contributed by atoms with Crippen molar-refractivity contribution < 1.29 is 9.59 Å². The van der Waals surface area contributed by atoms with Crippen LogP contribution in [0.25, 0.3) is 0 Å². The zero-order valence-electron chi connectivity index (χ0n) is 10.6. The van der Waals surface area contributed by atoms with Crippen molar-refractivity contribution in [2.45, 2.75) is 59.3 Å². The maximum Gasteiger partial charge on any atom is 0.0393 e. The van der Waals surface area contributed by atoms with Crippen LogP contribution in [0.2, 0.25) is 0 Å². The molecular weight excluding hydrogens is 208 g/mol. The third-order valence-electron chi connectivity index (χ3n) is 2.79. The molecule has 0 unspecified atom stereocenters. The molecule has 1 N–H and O–H groups in total. The average Bonchev–Trinajstić information content (AvgIpc) is 2.29. The van der Waals surface area contributed by atoms with Crippen LogP contribution in [0.15, 0.2) is 0 Å². The molecule has 0 aliphatic rings. The van der Waals surface area contributed by atoms with E-state index in [0.29, 0.717) is 0 Å². The zero-order valence-corrected chi connectivity index (χ0v) is 11.4. The lowest BCUT2D eigenvalue weighted by Crippen LogP contribution is -2.26. The van der Waals surface area contributed by atoms with Gasteiger partial charge >= 0.3 is 0 Å². The summed E-state index contributed by atoms with van der Waals surface area (Å²) in [4.78, 5) is 0. The Morgan fingerprint density at radius 2 is 1.13 bits per heavy atom. The van der Waals surface area contributed by atoms with Gasteiger partial charge in [0.25, 0.3) is 0 Å². The first-order chi connectivity index (χ1) is 7.24. The molecule has 0 rings (SSSR count). The van der Waals surface area contributed by atoms with Crippen LogP contribution < -0.4 is 5.26 Å². The fraction of sp³-hybridized carbons (Fsp3) is 1.00. The SMILES string of the molecule is CCCCS(CCCC)(CCCC)[OH+][O-]. The van der Waals surface area contributed by atoms with Gasteiger partial charge in [-0.05, 0) is 29.6 Å². The van der Waals surface area contributed by atoms with Crippen molar-refractivity contribution in [3.63, 3.8) is 0 Å². The Labute approximate surface area is 96.9 Å². The molecule has 0 aromatic rings. The third kappa shape index (κ3) is 6.44. The standard InChI is InChI=1S/C12H28O2S/c1-4-7-10-15(14-13,11-8-5-2)12-9-6-3/h14H,4-12H2,1-3H3. The Kier molecular flexibility index (Phi) is 9.66. The van der Waals surface area contributed by atoms with Crippen LogP contribution in [0.1, 0.15) is 59.3 Å². The van der Waals surface area contributed by atoms with E-state index in [1.54, 1.807) is 0 Å². The van der Waals surface area contributed by atoms with E-state index in [4.69, 9.17) is 0 Å². The molecule has 0 radical (unpaired) electrons. The van der Waals surface area contributed by atoms with Gasteiger partial charge in [-0.2, -0.15) is 0 Å². The van der Waals surface area contributed by atoms with E-state index >= 15 is 0 Å².